The van der Waals surface area contributed by atoms with E-state index in [-0.39, 0.29) is 6.67 Å². The monoisotopic (exact) mass is 249 g/mol. The second-order valence-electron chi connectivity index (χ2n) is 4.34. The molecule has 0 amide bonds. The van der Waals surface area contributed by atoms with Crippen LogP contribution in [-0.2, 0) is 0 Å². The van der Waals surface area contributed by atoms with Crippen molar-refractivity contribution in [2.45, 2.75) is 0 Å². The average Bonchev–Trinajstić information content (AvgIpc) is 2.49. The number of hydrogen-bond acceptors (Lipinski definition) is 3. The molecule has 0 bridgehead atoms. The predicted molar refractivity (Wildman–Crippen MR) is 77.5 cm³/mol. The van der Waals surface area contributed by atoms with Crippen molar-refractivity contribution in [3.8, 4) is 0 Å². The van der Waals surface area contributed by atoms with Gasteiger partial charge < -0.3 is 10.3 Å². The van der Waals surface area contributed by atoms with Crippen LogP contribution >= 0.6 is 0 Å². The van der Waals surface area contributed by atoms with Crippen molar-refractivity contribution in [3.05, 3.63) is 83.2 Å². The summed E-state index contributed by atoms with van der Waals surface area (Å²) in [7, 11) is 0. The zero-order valence-corrected chi connectivity index (χ0v) is 10.4. The molecule has 3 nitrogen and oxygen atoms in total. The summed E-state index contributed by atoms with van der Waals surface area (Å²) in [6, 6.07) is 19.8. The van der Waals surface area contributed by atoms with Crippen LogP contribution in [0.2, 0.25) is 0 Å². The summed E-state index contributed by atoms with van der Waals surface area (Å²) in [5, 5.41) is 12.4. The van der Waals surface area contributed by atoms with Crippen molar-refractivity contribution >= 4 is 11.3 Å². The Labute approximate surface area is 112 Å². The van der Waals surface area contributed by atoms with E-state index in [2.05, 4.69) is 4.99 Å². The van der Waals surface area contributed by atoms with Crippen molar-refractivity contribution in [1.29, 1.82) is 0 Å². The minimum atomic E-state index is 0.153. The molecule has 0 aliphatic carbocycles. The summed E-state index contributed by atoms with van der Waals surface area (Å²) >= 11 is 0. The van der Waals surface area contributed by atoms with Gasteiger partial charge in [-0.1, -0.05) is 60.7 Å². The van der Waals surface area contributed by atoms with Gasteiger partial charge in [0, 0.05) is 11.1 Å². The fourth-order valence-corrected chi connectivity index (χ4v) is 2.14. The maximum absolute atomic E-state index is 11.6. The molecule has 3 heteroatoms. The summed E-state index contributed by atoms with van der Waals surface area (Å²) in [5.74, 6) is 0. The lowest BCUT2D eigenvalue weighted by molar-refractivity contribution is 0.525. The summed E-state index contributed by atoms with van der Waals surface area (Å²) in [6.07, 6.45) is 1.62. The highest BCUT2D eigenvalue weighted by molar-refractivity contribution is 6.32. The van der Waals surface area contributed by atoms with Crippen LogP contribution in [0.25, 0.3) is 5.57 Å². The molecule has 0 saturated carbocycles. The van der Waals surface area contributed by atoms with Gasteiger partial charge in [-0.3, -0.25) is 4.99 Å². The van der Waals surface area contributed by atoms with Crippen molar-refractivity contribution < 1.29 is 0 Å². The first kappa shape index (κ1) is 11.7. The van der Waals surface area contributed by atoms with Crippen molar-refractivity contribution in [2.75, 3.05) is 6.67 Å². The molecule has 0 aromatic heterocycles. The largest absolute Gasteiger partial charge is 0.757 e. The van der Waals surface area contributed by atoms with Crippen molar-refractivity contribution in [1.82, 2.24) is 5.06 Å². The average molecular weight is 249 g/mol. The van der Waals surface area contributed by atoms with Crippen molar-refractivity contribution in [3.63, 3.8) is 0 Å². The van der Waals surface area contributed by atoms with Crippen LogP contribution in [0.3, 0.4) is 0 Å². The number of aliphatic imine (C=N–C) groups is 1. The second kappa shape index (κ2) is 5.08. The van der Waals surface area contributed by atoms with E-state index in [0.29, 0.717) is 0 Å². The van der Waals surface area contributed by atoms with Gasteiger partial charge in [0.15, 0.2) is 0 Å². The van der Waals surface area contributed by atoms with Crippen molar-refractivity contribution in [2.24, 2.45) is 4.99 Å². The lowest BCUT2D eigenvalue weighted by atomic mass is 9.96. The minimum Gasteiger partial charge on any atom is -0.757 e. The van der Waals surface area contributed by atoms with Crippen LogP contribution in [-0.4, -0.2) is 17.4 Å². The van der Waals surface area contributed by atoms with E-state index < -0.39 is 0 Å². The quantitative estimate of drug-likeness (QED) is 0.819. The van der Waals surface area contributed by atoms with Gasteiger partial charge in [0.2, 0.25) is 0 Å². The third-order valence-electron chi connectivity index (χ3n) is 3.03. The lowest BCUT2D eigenvalue weighted by Gasteiger charge is -2.30. The molecule has 0 atom stereocenters. The molecule has 19 heavy (non-hydrogen) atoms. The molecule has 0 fully saturated rings. The summed E-state index contributed by atoms with van der Waals surface area (Å²) in [5.41, 5.74) is 3.78. The number of benzene rings is 2. The Morgan fingerprint density at radius 2 is 1.42 bits per heavy atom. The topological polar surface area (TPSA) is 38.7 Å². The summed E-state index contributed by atoms with van der Waals surface area (Å²) in [6.45, 7) is 0.153. The fraction of sp³-hybridized carbons (Fsp3) is 0.0625. The van der Waals surface area contributed by atoms with Crippen LogP contribution in [0, 0.1) is 5.21 Å². The Hall–Kier alpha value is -2.39. The highest BCUT2D eigenvalue weighted by Crippen LogP contribution is 2.24. The first-order valence-electron chi connectivity index (χ1n) is 6.16. The highest BCUT2D eigenvalue weighted by Gasteiger charge is 2.14. The molecule has 1 heterocycles. The van der Waals surface area contributed by atoms with Crippen LogP contribution in [0.15, 0.2) is 71.9 Å². The molecule has 2 aromatic carbocycles. The van der Waals surface area contributed by atoms with E-state index in [9.17, 15) is 5.21 Å². The molecular formula is C16H13N2O-. The standard InChI is InChI=1S/C16H13N2O/c19-18-11-15(13-7-3-1-4-8-13)16(17-12-18)14-9-5-2-6-10-14/h1-11H,12H2/q-1. The number of rotatable bonds is 2. The van der Waals surface area contributed by atoms with Gasteiger partial charge in [0.05, 0.1) is 5.71 Å². The van der Waals surface area contributed by atoms with Crippen LogP contribution in [0.5, 0.6) is 0 Å². The predicted octanol–water partition coefficient (Wildman–Crippen LogP) is 3.29. The molecule has 3 rings (SSSR count). The van der Waals surface area contributed by atoms with E-state index in [0.717, 1.165) is 27.5 Å². The Kier molecular flexibility index (Phi) is 3.12. The first-order valence-corrected chi connectivity index (χ1v) is 6.16. The van der Waals surface area contributed by atoms with Gasteiger partial charge >= 0.3 is 0 Å². The maximum atomic E-state index is 11.6. The third-order valence-corrected chi connectivity index (χ3v) is 3.03. The van der Waals surface area contributed by atoms with E-state index in [1.807, 2.05) is 60.7 Å². The SMILES string of the molecule is [O-]N1C=C(c2ccccc2)C(c2ccccc2)=NC1. The van der Waals surface area contributed by atoms with E-state index >= 15 is 0 Å². The number of hydroxylamine groups is 2. The molecule has 0 radical (unpaired) electrons. The van der Waals surface area contributed by atoms with Gasteiger partial charge in [-0.05, 0) is 11.8 Å². The molecule has 0 saturated heterocycles. The maximum Gasteiger partial charge on any atom is 0.100 e. The van der Waals surface area contributed by atoms with Gasteiger partial charge in [-0.2, -0.15) is 0 Å². The Morgan fingerprint density at radius 1 is 0.842 bits per heavy atom. The summed E-state index contributed by atoms with van der Waals surface area (Å²) in [4.78, 5) is 4.40. The number of nitrogens with zero attached hydrogens (tertiary/aromatic N) is 2. The first-order chi connectivity index (χ1) is 9.34. The molecule has 0 unspecified atom stereocenters. The Bertz CT molecular complexity index is 618. The lowest BCUT2D eigenvalue weighted by Crippen LogP contribution is -2.20. The smallest absolute Gasteiger partial charge is 0.100 e. The molecule has 0 spiro atoms. The molecule has 0 N–H and O–H groups in total. The minimum absolute atomic E-state index is 0.153. The third kappa shape index (κ3) is 2.41. The van der Waals surface area contributed by atoms with E-state index in [4.69, 9.17) is 0 Å². The second-order valence-corrected chi connectivity index (χ2v) is 4.34. The van der Waals surface area contributed by atoms with E-state index in [1.165, 1.54) is 0 Å². The molecule has 2 aromatic rings. The summed E-state index contributed by atoms with van der Waals surface area (Å²) < 4.78 is 0. The Balaban J connectivity index is 2.07. The zero-order chi connectivity index (χ0) is 13.1. The van der Waals surface area contributed by atoms with Gasteiger partial charge in [0.1, 0.15) is 6.67 Å². The highest BCUT2D eigenvalue weighted by atomic mass is 16.5. The van der Waals surface area contributed by atoms with Crippen LogP contribution in [0.1, 0.15) is 11.1 Å². The van der Waals surface area contributed by atoms with Gasteiger partial charge in [-0.25, -0.2) is 0 Å². The Morgan fingerprint density at radius 3 is 2.05 bits per heavy atom. The fourth-order valence-electron chi connectivity index (χ4n) is 2.14. The van der Waals surface area contributed by atoms with E-state index in [1.54, 1.807) is 6.20 Å². The number of allylic oxidation sites excluding steroid dienone is 1. The molecule has 94 valence electrons. The normalized spacial score (nSPS) is 14.9. The zero-order valence-electron chi connectivity index (χ0n) is 10.4. The molecular weight excluding hydrogens is 236 g/mol. The van der Waals surface area contributed by atoms with Gasteiger partial charge in [0.25, 0.3) is 0 Å². The van der Waals surface area contributed by atoms with Gasteiger partial charge in [-0.15, -0.1) is 0 Å². The molecule has 1 aliphatic heterocycles. The van der Waals surface area contributed by atoms with Crippen LogP contribution < -0.4 is 0 Å². The molecule has 1 aliphatic rings. The van der Waals surface area contributed by atoms with Crippen LogP contribution in [0.4, 0.5) is 0 Å². The number of hydrogen-bond donors (Lipinski definition) is 0.